The van der Waals surface area contributed by atoms with Crippen molar-refractivity contribution in [2.45, 2.75) is 12.5 Å². The first-order chi connectivity index (χ1) is 7.92. The van der Waals surface area contributed by atoms with Gasteiger partial charge in [-0.05, 0) is 35.6 Å². The standard InChI is InChI=1S/C13H16N2O/c1-2-13-11(3-4-15-13)7-10(1)8-12-9-14-5-6-16-12/h1-4,7,12,14-15H,5-6,8-9H2. The molecule has 3 nitrogen and oxygen atoms in total. The molecule has 2 aromatic rings. The summed E-state index contributed by atoms with van der Waals surface area (Å²) >= 11 is 0. The van der Waals surface area contributed by atoms with Crippen LogP contribution in [0.4, 0.5) is 0 Å². The smallest absolute Gasteiger partial charge is 0.0740 e. The third kappa shape index (κ3) is 1.96. The summed E-state index contributed by atoms with van der Waals surface area (Å²) in [5.41, 5.74) is 2.55. The molecular formula is C13H16N2O. The van der Waals surface area contributed by atoms with Crippen molar-refractivity contribution < 1.29 is 4.74 Å². The molecule has 3 rings (SSSR count). The predicted molar refractivity (Wildman–Crippen MR) is 64.6 cm³/mol. The van der Waals surface area contributed by atoms with Gasteiger partial charge in [0.05, 0.1) is 12.7 Å². The number of hydrogen-bond acceptors (Lipinski definition) is 2. The molecule has 2 heterocycles. The van der Waals surface area contributed by atoms with Crippen LogP contribution < -0.4 is 5.32 Å². The number of hydrogen-bond donors (Lipinski definition) is 2. The van der Waals surface area contributed by atoms with E-state index in [-0.39, 0.29) is 0 Å². The van der Waals surface area contributed by atoms with Crippen molar-refractivity contribution in [3.63, 3.8) is 0 Å². The summed E-state index contributed by atoms with van der Waals surface area (Å²) in [7, 11) is 0. The Hall–Kier alpha value is -1.32. The SMILES string of the molecule is c1cc2cc(CC3CNCCO3)ccc2[nH]1. The molecule has 0 aliphatic carbocycles. The van der Waals surface area contributed by atoms with Crippen molar-refractivity contribution in [3.8, 4) is 0 Å². The Morgan fingerprint density at radius 3 is 3.19 bits per heavy atom. The van der Waals surface area contributed by atoms with Gasteiger partial charge in [0.25, 0.3) is 0 Å². The third-order valence-corrected chi connectivity index (χ3v) is 3.09. The minimum absolute atomic E-state index is 0.324. The van der Waals surface area contributed by atoms with Crippen molar-refractivity contribution in [2.24, 2.45) is 0 Å². The molecule has 1 aliphatic heterocycles. The number of ether oxygens (including phenoxy) is 1. The first-order valence-corrected chi connectivity index (χ1v) is 5.80. The Morgan fingerprint density at radius 1 is 1.31 bits per heavy atom. The minimum Gasteiger partial charge on any atom is -0.375 e. The Labute approximate surface area is 94.8 Å². The van der Waals surface area contributed by atoms with Gasteiger partial charge in [-0.3, -0.25) is 0 Å². The number of aromatic amines is 1. The van der Waals surface area contributed by atoms with Gasteiger partial charge in [-0.2, -0.15) is 0 Å². The zero-order chi connectivity index (χ0) is 10.8. The van der Waals surface area contributed by atoms with E-state index in [9.17, 15) is 0 Å². The maximum Gasteiger partial charge on any atom is 0.0740 e. The van der Waals surface area contributed by atoms with Crippen LogP contribution in [-0.2, 0) is 11.2 Å². The molecule has 0 amide bonds. The van der Waals surface area contributed by atoms with Crippen LogP contribution in [0.2, 0.25) is 0 Å². The van der Waals surface area contributed by atoms with Crippen molar-refractivity contribution in [2.75, 3.05) is 19.7 Å². The second-order valence-corrected chi connectivity index (χ2v) is 4.30. The number of nitrogens with one attached hydrogen (secondary N) is 2. The van der Waals surface area contributed by atoms with E-state index in [1.165, 1.54) is 16.5 Å². The van der Waals surface area contributed by atoms with Crippen LogP contribution in [0.5, 0.6) is 0 Å². The van der Waals surface area contributed by atoms with Crippen molar-refractivity contribution in [1.29, 1.82) is 0 Å². The van der Waals surface area contributed by atoms with E-state index >= 15 is 0 Å². The van der Waals surface area contributed by atoms with Crippen LogP contribution in [0.3, 0.4) is 0 Å². The van der Waals surface area contributed by atoms with Crippen LogP contribution in [0, 0.1) is 0 Å². The second-order valence-electron chi connectivity index (χ2n) is 4.30. The third-order valence-electron chi connectivity index (χ3n) is 3.09. The minimum atomic E-state index is 0.324. The molecule has 1 saturated heterocycles. The molecule has 2 N–H and O–H groups in total. The monoisotopic (exact) mass is 216 g/mol. The van der Waals surface area contributed by atoms with E-state index in [0.717, 1.165) is 26.1 Å². The van der Waals surface area contributed by atoms with Gasteiger partial charge in [0.1, 0.15) is 0 Å². The Bertz CT molecular complexity index is 471. The van der Waals surface area contributed by atoms with E-state index in [1.807, 2.05) is 6.20 Å². The van der Waals surface area contributed by atoms with Gasteiger partial charge < -0.3 is 15.0 Å². The van der Waals surface area contributed by atoms with E-state index < -0.39 is 0 Å². The molecular weight excluding hydrogens is 200 g/mol. The zero-order valence-corrected chi connectivity index (χ0v) is 9.20. The molecule has 0 saturated carbocycles. The van der Waals surface area contributed by atoms with Crippen LogP contribution in [-0.4, -0.2) is 30.8 Å². The molecule has 1 aliphatic rings. The van der Waals surface area contributed by atoms with E-state index in [2.05, 4.69) is 34.6 Å². The number of aromatic nitrogens is 1. The molecule has 1 aromatic carbocycles. The molecule has 84 valence electrons. The first kappa shape index (κ1) is 9.87. The van der Waals surface area contributed by atoms with Crippen LogP contribution in [0.1, 0.15) is 5.56 Å². The van der Waals surface area contributed by atoms with E-state index in [1.54, 1.807) is 0 Å². The van der Waals surface area contributed by atoms with Crippen molar-refractivity contribution in [1.82, 2.24) is 10.3 Å². The highest BCUT2D eigenvalue weighted by Crippen LogP contribution is 2.16. The maximum absolute atomic E-state index is 5.71. The highest BCUT2D eigenvalue weighted by Gasteiger charge is 2.13. The number of fused-ring (bicyclic) bond motifs is 1. The summed E-state index contributed by atoms with van der Waals surface area (Å²) in [5.74, 6) is 0. The van der Waals surface area contributed by atoms with Crippen molar-refractivity contribution in [3.05, 3.63) is 36.0 Å². The van der Waals surface area contributed by atoms with Crippen LogP contribution >= 0.6 is 0 Å². The number of morpholine rings is 1. The molecule has 1 unspecified atom stereocenters. The molecule has 1 atom stereocenters. The van der Waals surface area contributed by atoms with Gasteiger partial charge in [-0.15, -0.1) is 0 Å². The molecule has 1 aromatic heterocycles. The average molecular weight is 216 g/mol. The Balaban J connectivity index is 1.77. The lowest BCUT2D eigenvalue weighted by molar-refractivity contribution is 0.0292. The maximum atomic E-state index is 5.71. The van der Waals surface area contributed by atoms with Crippen LogP contribution in [0.25, 0.3) is 10.9 Å². The van der Waals surface area contributed by atoms with Crippen molar-refractivity contribution >= 4 is 10.9 Å². The fourth-order valence-electron chi connectivity index (χ4n) is 2.24. The quantitative estimate of drug-likeness (QED) is 0.801. The summed E-state index contributed by atoms with van der Waals surface area (Å²) in [6.45, 7) is 2.77. The molecule has 1 fully saturated rings. The molecule has 0 bridgehead atoms. The number of H-pyrrole nitrogens is 1. The summed E-state index contributed by atoms with van der Waals surface area (Å²) in [4.78, 5) is 3.21. The summed E-state index contributed by atoms with van der Waals surface area (Å²) in [5, 5.41) is 4.64. The molecule has 3 heteroatoms. The van der Waals surface area contributed by atoms with E-state index in [4.69, 9.17) is 4.74 Å². The lowest BCUT2D eigenvalue weighted by Gasteiger charge is -2.23. The summed E-state index contributed by atoms with van der Waals surface area (Å²) in [6, 6.07) is 8.67. The number of rotatable bonds is 2. The van der Waals surface area contributed by atoms with E-state index in [0.29, 0.717) is 6.10 Å². The van der Waals surface area contributed by atoms with Gasteiger partial charge in [0, 0.05) is 24.8 Å². The largest absolute Gasteiger partial charge is 0.375 e. The summed E-state index contributed by atoms with van der Waals surface area (Å²) in [6.07, 6.45) is 3.30. The Kier molecular flexibility index (Phi) is 2.64. The lowest BCUT2D eigenvalue weighted by atomic mass is 10.1. The van der Waals surface area contributed by atoms with Gasteiger partial charge in [0.2, 0.25) is 0 Å². The van der Waals surface area contributed by atoms with Gasteiger partial charge >= 0.3 is 0 Å². The average Bonchev–Trinajstić information content (AvgIpc) is 2.77. The van der Waals surface area contributed by atoms with Crippen LogP contribution in [0.15, 0.2) is 30.5 Å². The Morgan fingerprint density at radius 2 is 2.31 bits per heavy atom. The highest BCUT2D eigenvalue weighted by molar-refractivity contribution is 5.79. The first-order valence-electron chi connectivity index (χ1n) is 5.80. The predicted octanol–water partition coefficient (Wildman–Crippen LogP) is 1.70. The van der Waals surface area contributed by atoms with Gasteiger partial charge in [-0.1, -0.05) is 6.07 Å². The number of benzene rings is 1. The fourth-order valence-corrected chi connectivity index (χ4v) is 2.24. The molecule has 0 radical (unpaired) electrons. The fraction of sp³-hybridized carbons (Fsp3) is 0.385. The second kappa shape index (κ2) is 4.28. The van der Waals surface area contributed by atoms with Gasteiger partial charge in [-0.25, -0.2) is 0 Å². The molecule has 16 heavy (non-hydrogen) atoms. The zero-order valence-electron chi connectivity index (χ0n) is 9.20. The summed E-state index contributed by atoms with van der Waals surface area (Å²) < 4.78 is 5.71. The normalized spacial score (nSPS) is 21.4. The molecule has 0 spiro atoms. The topological polar surface area (TPSA) is 37.0 Å². The lowest BCUT2D eigenvalue weighted by Crippen LogP contribution is -2.39. The highest BCUT2D eigenvalue weighted by atomic mass is 16.5. The van der Waals surface area contributed by atoms with Gasteiger partial charge in [0.15, 0.2) is 0 Å².